The highest BCUT2D eigenvalue weighted by Gasteiger charge is 2.30. The number of rotatable bonds is 6. The van der Waals surface area contributed by atoms with Gasteiger partial charge in [-0.15, -0.1) is 0 Å². The summed E-state index contributed by atoms with van der Waals surface area (Å²) in [5.74, 6) is 0.756. The van der Waals surface area contributed by atoms with E-state index in [2.05, 4.69) is 10.3 Å². The molecule has 1 saturated heterocycles. The van der Waals surface area contributed by atoms with Crippen molar-refractivity contribution in [3.05, 3.63) is 59.9 Å². The van der Waals surface area contributed by atoms with Crippen molar-refractivity contribution < 1.29 is 14.3 Å². The SMILES string of the molecule is CCOc1ccccc1C(=O)N[C@@H]1COC[C@H]1Cc1ccncc1. The fourth-order valence-corrected chi connectivity index (χ4v) is 2.96. The van der Waals surface area contributed by atoms with Crippen LogP contribution in [0, 0.1) is 5.92 Å². The zero-order valence-electron chi connectivity index (χ0n) is 13.8. The Kier molecular flexibility index (Phi) is 5.43. The molecule has 5 heteroatoms. The first-order valence-electron chi connectivity index (χ1n) is 8.27. The summed E-state index contributed by atoms with van der Waals surface area (Å²) in [6, 6.07) is 11.3. The molecule has 2 heterocycles. The maximum Gasteiger partial charge on any atom is 0.255 e. The molecule has 1 amide bonds. The number of amides is 1. The molecule has 126 valence electrons. The molecule has 1 aromatic carbocycles. The summed E-state index contributed by atoms with van der Waals surface area (Å²) in [4.78, 5) is 16.7. The first-order valence-corrected chi connectivity index (χ1v) is 8.27. The topological polar surface area (TPSA) is 60.5 Å². The minimum Gasteiger partial charge on any atom is -0.493 e. The van der Waals surface area contributed by atoms with E-state index in [9.17, 15) is 4.79 Å². The number of hydrogen-bond donors (Lipinski definition) is 1. The highest BCUT2D eigenvalue weighted by Crippen LogP contribution is 2.22. The van der Waals surface area contributed by atoms with Crippen molar-refractivity contribution >= 4 is 5.91 Å². The molecule has 0 aliphatic carbocycles. The number of benzene rings is 1. The summed E-state index contributed by atoms with van der Waals surface area (Å²) < 4.78 is 11.1. The Balaban J connectivity index is 1.67. The van der Waals surface area contributed by atoms with E-state index in [-0.39, 0.29) is 17.9 Å². The van der Waals surface area contributed by atoms with Gasteiger partial charge < -0.3 is 14.8 Å². The average molecular weight is 326 g/mol. The first kappa shape index (κ1) is 16.5. The minimum absolute atomic E-state index is 0.000322. The number of carbonyl (C=O) groups excluding carboxylic acids is 1. The van der Waals surface area contributed by atoms with Crippen LogP contribution in [0.4, 0.5) is 0 Å². The number of carbonyl (C=O) groups is 1. The average Bonchev–Trinajstić information content (AvgIpc) is 3.03. The summed E-state index contributed by atoms with van der Waals surface area (Å²) in [6.07, 6.45) is 4.44. The minimum atomic E-state index is -0.116. The van der Waals surface area contributed by atoms with E-state index in [0.717, 1.165) is 6.42 Å². The Hall–Kier alpha value is -2.40. The molecule has 1 aliphatic heterocycles. The van der Waals surface area contributed by atoms with Gasteiger partial charge in [0.2, 0.25) is 0 Å². The number of ether oxygens (including phenoxy) is 2. The summed E-state index contributed by atoms with van der Waals surface area (Å²) in [5, 5.41) is 3.10. The van der Waals surface area contributed by atoms with E-state index in [1.165, 1.54) is 5.56 Å². The Morgan fingerprint density at radius 3 is 2.83 bits per heavy atom. The van der Waals surface area contributed by atoms with Crippen LogP contribution in [0.3, 0.4) is 0 Å². The van der Waals surface area contributed by atoms with Crippen molar-refractivity contribution in [2.24, 2.45) is 5.92 Å². The van der Waals surface area contributed by atoms with Crippen LogP contribution < -0.4 is 10.1 Å². The fraction of sp³-hybridized carbons (Fsp3) is 0.368. The third-order valence-corrected chi connectivity index (χ3v) is 4.19. The number of pyridine rings is 1. The molecule has 0 bridgehead atoms. The molecule has 1 fully saturated rings. The fourth-order valence-electron chi connectivity index (χ4n) is 2.96. The summed E-state index contributed by atoms with van der Waals surface area (Å²) in [6.45, 7) is 3.63. The van der Waals surface area contributed by atoms with Crippen molar-refractivity contribution in [1.29, 1.82) is 0 Å². The zero-order valence-corrected chi connectivity index (χ0v) is 13.8. The van der Waals surface area contributed by atoms with E-state index >= 15 is 0 Å². The quantitative estimate of drug-likeness (QED) is 0.886. The second-order valence-corrected chi connectivity index (χ2v) is 5.87. The predicted octanol–water partition coefficient (Wildman–Crippen LogP) is 2.47. The zero-order chi connectivity index (χ0) is 16.8. The molecule has 0 saturated carbocycles. The predicted molar refractivity (Wildman–Crippen MR) is 91.1 cm³/mol. The van der Waals surface area contributed by atoms with Gasteiger partial charge in [0, 0.05) is 18.3 Å². The summed E-state index contributed by atoms with van der Waals surface area (Å²) in [7, 11) is 0. The Morgan fingerprint density at radius 2 is 2.04 bits per heavy atom. The van der Waals surface area contributed by atoms with Gasteiger partial charge in [0.25, 0.3) is 5.91 Å². The molecule has 1 aliphatic rings. The normalized spacial score (nSPS) is 19.9. The molecule has 2 aromatic rings. The lowest BCUT2D eigenvalue weighted by Gasteiger charge is -2.20. The van der Waals surface area contributed by atoms with Crippen LogP contribution in [0.5, 0.6) is 5.75 Å². The van der Waals surface area contributed by atoms with Crippen molar-refractivity contribution in [3.8, 4) is 5.75 Å². The smallest absolute Gasteiger partial charge is 0.255 e. The van der Waals surface area contributed by atoms with Gasteiger partial charge >= 0.3 is 0 Å². The van der Waals surface area contributed by atoms with Gasteiger partial charge in [-0.1, -0.05) is 12.1 Å². The molecule has 1 aromatic heterocycles. The largest absolute Gasteiger partial charge is 0.493 e. The number of nitrogens with zero attached hydrogens (tertiary/aromatic N) is 1. The van der Waals surface area contributed by atoms with E-state index < -0.39 is 0 Å². The van der Waals surface area contributed by atoms with Gasteiger partial charge in [-0.2, -0.15) is 0 Å². The molecule has 0 spiro atoms. The van der Waals surface area contributed by atoms with Gasteiger partial charge in [0.05, 0.1) is 31.4 Å². The molecular formula is C19H22N2O3. The van der Waals surface area contributed by atoms with Crippen LogP contribution in [0.2, 0.25) is 0 Å². The second-order valence-electron chi connectivity index (χ2n) is 5.87. The van der Waals surface area contributed by atoms with Crippen molar-refractivity contribution in [3.63, 3.8) is 0 Å². The molecule has 3 rings (SSSR count). The molecule has 5 nitrogen and oxygen atoms in total. The van der Waals surface area contributed by atoms with E-state index in [4.69, 9.17) is 9.47 Å². The van der Waals surface area contributed by atoms with Crippen molar-refractivity contribution in [1.82, 2.24) is 10.3 Å². The maximum absolute atomic E-state index is 12.6. The number of para-hydroxylation sites is 1. The van der Waals surface area contributed by atoms with Crippen molar-refractivity contribution in [2.75, 3.05) is 19.8 Å². The number of hydrogen-bond acceptors (Lipinski definition) is 4. The third-order valence-electron chi connectivity index (χ3n) is 4.19. The van der Waals surface area contributed by atoms with Crippen LogP contribution in [0.25, 0.3) is 0 Å². The standard InChI is InChI=1S/C19H22N2O3/c1-2-24-18-6-4-3-5-16(18)19(22)21-17-13-23-12-15(17)11-14-7-9-20-10-8-14/h3-10,15,17H,2,11-13H2,1H3,(H,21,22)/t15-,17-/m1/s1. The Labute approximate surface area is 142 Å². The molecule has 24 heavy (non-hydrogen) atoms. The van der Waals surface area contributed by atoms with Crippen LogP contribution in [-0.2, 0) is 11.2 Å². The van der Waals surface area contributed by atoms with Crippen LogP contribution in [-0.4, -0.2) is 36.8 Å². The molecular weight excluding hydrogens is 304 g/mol. The van der Waals surface area contributed by atoms with Gasteiger partial charge in [-0.25, -0.2) is 0 Å². The van der Waals surface area contributed by atoms with E-state index in [1.54, 1.807) is 18.5 Å². The van der Waals surface area contributed by atoms with Crippen LogP contribution >= 0.6 is 0 Å². The lowest BCUT2D eigenvalue weighted by Crippen LogP contribution is -2.40. The second kappa shape index (κ2) is 7.93. The monoisotopic (exact) mass is 326 g/mol. The molecule has 2 atom stereocenters. The highest BCUT2D eigenvalue weighted by atomic mass is 16.5. The maximum atomic E-state index is 12.6. The lowest BCUT2D eigenvalue weighted by atomic mass is 9.95. The number of nitrogens with one attached hydrogen (secondary N) is 1. The van der Waals surface area contributed by atoms with Gasteiger partial charge in [-0.3, -0.25) is 9.78 Å². The van der Waals surface area contributed by atoms with E-state index in [1.807, 2.05) is 37.3 Å². The van der Waals surface area contributed by atoms with Crippen LogP contribution in [0.15, 0.2) is 48.8 Å². The first-order chi connectivity index (χ1) is 11.8. The van der Waals surface area contributed by atoms with E-state index in [0.29, 0.717) is 31.1 Å². The Morgan fingerprint density at radius 1 is 1.25 bits per heavy atom. The van der Waals surface area contributed by atoms with Gasteiger partial charge in [0.1, 0.15) is 5.75 Å². The highest BCUT2D eigenvalue weighted by molar-refractivity contribution is 5.97. The summed E-state index contributed by atoms with van der Waals surface area (Å²) >= 11 is 0. The molecule has 0 unspecified atom stereocenters. The van der Waals surface area contributed by atoms with Gasteiger partial charge in [-0.05, 0) is 43.2 Å². The lowest BCUT2D eigenvalue weighted by molar-refractivity contribution is 0.0921. The van der Waals surface area contributed by atoms with Crippen molar-refractivity contribution in [2.45, 2.75) is 19.4 Å². The molecule has 0 radical (unpaired) electrons. The van der Waals surface area contributed by atoms with Crippen LogP contribution in [0.1, 0.15) is 22.8 Å². The molecule has 1 N–H and O–H groups in total. The summed E-state index contributed by atoms with van der Waals surface area (Å²) in [5.41, 5.74) is 1.77. The number of aromatic nitrogens is 1. The third kappa shape index (κ3) is 3.92. The van der Waals surface area contributed by atoms with Gasteiger partial charge in [0.15, 0.2) is 0 Å². The Bertz CT molecular complexity index is 675.